The Labute approximate surface area is 172 Å². The molecule has 0 unspecified atom stereocenters. The van der Waals surface area contributed by atoms with E-state index in [1.165, 1.54) is 0 Å². The van der Waals surface area contributed by atoms with Gasteiger partial charge in [-0.15, -0.1) is 0 Å². The van der Waals surface area contributed by atoms with E-state index in [2.05, 4.69) is 6.58 Å². The molecule has 0 atom stereocenters. The number of carbonyl (C=O) groups excluding carboxylic acids is 2. The number of ether oxygens (including phenoxy) is 1. The lowest BCUT2D eigenvalue weighted by Crippen LogP contribution is -2.48. The van der Waals surface area contributed by atoms with Gasteiger partial charge in [0.1, 0.15) is 5.60 Å². The Hall–Kier alpha value is -2.82. The SMILES string of the molecule is C=Cc1cccc2cc(C(=O)N3CCC(N(C)C(=O)OC(C)(C)C)CC3)ccc12. The summed E-state index contributed by atoms with van der Waals surface area (Å²) in [5.41, 5.74) is 1.24. The highest BCUT2D eigenvalue weighted by atomic mass is 16.6. The molecule has 154 valence electrons. The Kier molecular flexibility index (Phi) is 5.96. The van der Waals surface area contributed by atoms with Crippen LogP contribution in [0.15, 0.2) is 43.0 Å². The number of piperidine rings is 1. The molecule has 0 radical (unpaired) electrons. The van der Waals surface area contributed by atoms with Crippen LogP contribution in [0.25, 0.3) is 16.8 Å². The predicted molar refractivity (Wildman–Crippen MR) is 117 cm³/mol. The lowest BCUT2D eigenvalue weighted by Gasteiger charge is -2.37. The topological polar surface area (TPSA) is 49.9 Å². The number of hydrogen-bond acceptors (Lipinski definition) is 3. The van der Waals surface area contributed by atoms with E-state index in [1.807, 2.05) is 68.1 Å². The fourth-order valence-corrected chi connectivity index (χ4v) is 3.74. The molecule has 0 N–H and O–H groups in total. The van der Waals surface area contributed by atoms with Crippen molar-refractivity contribution in [2.24, 2.45) is 0 Å². The summed E-state index contributed by atoms with van der Waals surface area (Å²) in [5.74, 6) is 0.0364. The number of rotatable bonds is 3. The molecule has 0 spiro atoms. The van der Waals surface area contributed by atoms with E-state index in [-0.39, 0.29) is 18.0 Å². The number of amides is 2. The van der Waals surface area contributed by atoms with Gasteiger partial charge in [0.25, 0.3) is 5.91 Å². The predicted octanol–water partition coefficient (Wildman–Crippen LogP) is 4.95. The summed E-state index contributed by atoms with van der Waals surface area (Å²) in [5, 5.41) is 2.13. The van der Waals surface area contributed by atoms with Crippen LogP contribution in [-0.4, -0.2) is 53.6 Å². The summed E-state index contributed by atoms with van der Waals surface area (Å²) in [6.07, 6.45) is 3.01. The summed E-state index contributed by atoms with van der Waals surface area (Å²) in [6, 6.07) is 11.9. The number of likely N-dealkylation sites (tertiary alicyclic amines) is 1. The van der Waals surface area contributed by atoms with Crippen molar-refractivity contribution in [2.75, 3.05) is 20.1 Å². The zero-order chi connectivity index (χ0) is 21.2. The highest BCUT2D eigenvalue weighted by Gasteiger charge is 2.30. The number of nitrogens with zero attached hydrogens (tertiary/aromatic N) is 2. The average molecular weight is 395 g/mol. The molecule has 5 heteroatoms. The van der Waals surface area contributed by atoms with E-state index < -0.39 is 5.60 Å². The lowest BCUT2D eigenvalue weighted by molar-refractivity contribution is 0.0156. The van der Waals surface area contributed by atoms with E-state index in [0.29, 0.717) is 18.7 Å². The Balaban J connectivity index is 1.65. The van der Waals surface area contributed by atoms with Gasteiger partial charge in [-0.2, -0.15) is 0 Å². The van der Waals surface area contributed by atoms with Crippen molar-refractivity contribution in [3.63, 3.8) is 0 Å². The van der Waals surface area contributed by atoms with Gasteiger partial charge in [0, 0.05) is 31.7 Å². The molecule has 29 heavy (non-hydrogen) atoms. The zero-order valence-corrected chi connectivity index (χ0v) is 17.8. The fourth-order valence-electron chi connectivity index (χ4n) is 3.74. The molecule has 1 saturated heterocycles. The Morgan fingerprint density at radius 3 is 2.48 bits per heavy atom. The van der Waals surface area contributed by atoms with Crippen LogP contribution >= 0.6 is 0 Å². The van der Waals surface area contributed by atoms with Crippen LogP contribution < -0.4 is 0 Å². The van der Waals surface area contributed by atoms with Crippen molar-refractivity contribution >= 4 is 28.8 Å². The summed E-state index contributed by atoms with van der Waals surface area (Å²) in [4.78, 5) is 28.8. The van der Waals surface area contributed by atoms with Crippen molar-refractivity contribution < 1.29 is 14.3 Å². The van der Waals surface area contributed by atoms with Crippen LogP contribution in [0.2, 0.25) is 0 Å². The van der Waals surface area contributed by atoms with Gasteiger partial charge in [-0.3, -0.25) is 4.79 Å². The number of benzene rings is 2. The van der Waals surface area contributed by atoms with Crippen LogP contribution in [0, 0.1) is 0 Å². The van der Waals surface area contributed by atoms with Crippen molar-refractivity contribution in [3.8, 4) is 0 Å². The van der Waals surface area contributed by atoms with Crippen molar-refractivity contribution in [3.05, 3.63) is 54.1 Å². The van der Waals surface area contributed by atoms with Crippen molar-refractivity contribution in [1.82, 2.24) is 9.80 Å². The maximum absolute atomic E-state index is 13.0. The van der Waals surface area contributed by atoms with Gasteiger partial charge in [0.15, 0.2) is 0 Å². The highest BCUT2D eigenvalue weighted by Crippen LogP contribution is 2.24. The maximum Gasteiger partial charge on any atom is 0.410 e. The molecule has 0 aromatic heterocycles. The Bertz CT molecular complexity index is 921. The van der Waals surface area contributed by atoms with Crippen LogP contribution in [-0.2, 0) is 4.74 Å². The Morgan fingerprint density at radius 2 is 1.86 bits per heavy atom. The number of hydrogen-bond donors (Lipinski definition) is 0. The minimum atomic E-state index is -0.510. The molecule has 1 aliphatic rings. The highest BCUT2D eigenvalue weighted by molar-refractivity contribution is 6.00. The monoisotopic (exact) mass is 394 g/mol. The summed E-state index contributed by atoms with van der Waals surface area (Å²) in [6.45, 7) is 10.7. The number of fused-ring (bicyclic) bond motifs is 1. The van der Waals surface area contributed by atoms with Crippen molar-refractivity contribution in [2.45, 2.75) is 45.3 Å². The second kappa shape index (κ2) is 8.27. The minimum Gasteiger partial charge on any atom is -0.444 e. The van der Waals surface area contributed by atoms with Gasteiger partial charge < -0.3 is 14.5 Å². The average Bonchev–Trinajstić information content (AvgIpc) is 2.70. The third-order valence-corrected chi connectivity index (χ3v) is 5.36. The van der Waals surface area contributed by atoms with Crippen LogP contribution in [0.1, 0.15) is 49.5 Å². The second-order valence-corrected chi connectivity index (χ2v) is 8.60. The molecule has 1 heterocycles. The van der Waals surface area contributed by atoms with Gasteiger partial charge in [-0.1, -0.05) is 36.9 Å². The van der Waals surface area contributed by atoms with Crippen LogP contribution in [0.4, 0.5) is 4.79 Å². The van der Waals surface area contributed by atoms with Gasteiger partial charge in [-0.25, -0.2) is 4.79 Å². The molecule has 3 rings (SSSR count). The maximum atomic E-state index is 13.0. The minimum absolute atomic E-state index is 0.0364. The molecule has 5 nitrogen and oxygen atoms in total. The lowest BCUT2D eigenvalue weighted by atomic mass is 10.00. The Morgan fingerprint density at radius 1 is 1.17 bits per heavy atom. The largest absolute Gasteiger partial charge is 0.444 e. The van der Waals surface area contributed by atoms with E-state index in [9.17, 15) is 9.59 Å². The first-order chi connectivity index (χ1) is 13.7. The molecule has 1 fully saturated rings. The molecular formula is C24H30N2O3. The molecule has 0 saturated carbocycles. The van der Waals surface area contributed by atoms with E-state index in [0.717, 1.165) is 29.2 Å². The normalized spacial score (nSPS) is 15.2. The summed E-state index contributed by atoms with van der Waals surface area (Å²) >= 11 is 0. The smallest absolute Gasteiger partial charge is 0.410 e. The van der Waals surface area contributed by atoms with E-state index in [1.54, 1.807) is 11.9 Å². The quantitative estimate of drug-likeness (QED) is 0.740. The standard InChI is InChI=1S/C24H30N2O3/c1-6-17-8-7-9-18-16-19(10-11-21(17)18)22(27)26-14-12-20(13-15-26)25(5)23(28)29-24(2,3)4/h6-11,16,20H,1,12-15H2,2-5H3. The van der Waals surface area contributed by atoms with Gasteiger partial charge in [-0.05, 0) is 62.1 Å². The molecule has 2 aromatic rings. The van der Waals surface area contributed by atoms with Gasteiger partial charge in [0.2, 0.25) is 0 Å². The van der Waals surface area contributed by atoms with E-state index >= 15 is 0 Å². The van der Waals surface area contributed by atoms with Gasteiger partial charge in [0.05, 0.1) is 0 Å². The molecule has 1 aliphatic heterocycles. The first-order valence-electron chi connectivity index (χ1n) is 10.1. The molecule has 2 aromatic carbocycles. The van der Waals surface area contributed by atoms with E-state index in [4.69, 9.17) is 4.74 Å². The first kappa shape index (κ1) is 20.9. The van der Waals surface area contributed by atoms with Crippen LogP contribution in [0.5, 0.6) is 0 Å². The molecular weight excluding hydrogens is 364 g/mol. The first-order valence-corrected chi connectivity index (χ1v) is 10.1. The molecule has 0 bridgehead atoms. The second-order valence-electron chi connectivity index (χ2n) is 8.60. The molecule has 0 aliphatic carbocycles. The van der Waals surface area contributed by atoms with Crippen molar-refractivity contribution in [1.29, 1.82) is 0 Å². The third kappa shape index (κ3) is 4.78. The van der Waals surface area contributed by atoms with Gasteiger partial charge >= 0.3 is 6.09 Å². The fraction of sp³-hybridized carbons (Fsp3) is 0.417. The number of carbonyl (C=O) groups is 2. The zero-order valence-electron chi connectivity index (χ0n) is 17.8. The summed E-state index contributed by atoms with van der Waals surface area (Å²) < 4.78 is 5.46. The third-order valence-electron chi connectivity index (χ3n) is 5.36. The summed E-state index contributed by atoms with van der Waals surface area (Å²) in [7, 11) is 1.77. The molecule has 2 amide bonds. The van der Waals surface area contributed by atoms with Crippen LogP contribution in [0.3, 0.4) is 0 Å².